The first-order chi connectivity index (χ1) is 8.86. The summed E-state index contributed by atoms with van der Waals surface area (Å²) >= 11 is 3.53. The molecule has 4 heteroatoms. The number of nitrogens with zero attached hydrogens (tertiary/aromatic N) is 3. The van der Waals surface area contributed by atoms with Gasteiger partial charge in [-0.15, -0.1) is 0 Å². The molecule has 0 N–H and O–H groups in total. The maximum atomic E-state index is 4.39. The summed E-state index contributed by atoms with van der Waals surface area (Å²) in [5, 5.41) is 4.39. The van der Waals surface area contributed by atoms with E-state index >= 15 is 0 Å². The van der Waals surface area contributed by atoms with Crippen molar-refractivity contribution in [3.63, 3.8) is 0 Å². The van der Waals surface area contributed by atoms with Crippen LogP contribution in [0.1, 0.15) is 0 Å². The predicted molar refractivity (Wildman–Crippen MR) is 74.5 cm³/mol. The van der Waals surface area contributed by atoms with Gasteiger partial charge in [0.05, 0.1) is 22.1 Å². The molecule has 0 bridgehead atoms. The molecule has 18 heavy (non-hydrogen) atoms. The Labute approximate surface area is 113 Å². The SMILES string of the molecule is Brc1cnn(-c2ccccc2)c1-c1ccccn1. The van der Waals surface area contributed by atoms with Crippen LogP contribution >= 0.6 is 15.9 Å². The zero-order chi connectivity index (χ0) is 12.4. The van der Waals surface area contributed by atoms with Crippen molar-refractivity contribution >= 4 is 15.9 Å². The van der Waals surface area contributed by atoms with Crippen LogP contribution in [-0.4, -0.2) is 14.8 Å². The number of hydrogen-bond donors (Lipinski definition) is 0. The predicted octanol–water partition coefficient (Wildman–Crippen LogP) is 3.70. The van der Waals surface area contributed by atoms with E-state index in [9.17, 15) is 0 Å². The molecule has 0 aliphatic rings. The smallest absolute Gasteiger partial charge is 0.107 e. The second-order valence-corrected chi connectivity index (χ2v) is 4.66. The van der Waals surface area contributed by atoms with Gasteiger partial charge in [0.1, 0.15) is 5.69 Å². The van der Waals surface area contributed by atoms with Crippen LogP contribution < -0.4 is 0 Å². The number of para-hydroxylation sites is 1. The van der Waals surface area contributed by atoms with Crippen LogP contribution in [0.2, 0.25) is 0 Å². The zero-order valence-electron chi connectivity index (χ0n) is 9.49. The second kappa shape index (κ2) is 4.74. The quantitative estimate of drug-likeness (QED) is 0.722. The third-order valence-electron chi connectivity index (χ3n) is 2.63. The summed E-state index contributed by atoms with van der Waals surface area (Å²) < 4.78 is 2.82. The van der Waals surface area contributed by atoms with Gasteiger partial charge in [-0.05, 0) is 40.2 Å². The van der Waals surface area contributed by atoms with Gasteiger partial charge in [-0.2, -0.15) is 5.10 Å². The summed E-state index contributed by atoms with van der Waals surface area (Å²) in [7, 11) is 0. The van der Waals surface area contributed by atoms with Crippen molar-refractivity contribution in [2.45, 2.75) is 0 Å². The third-order valence-corrected chi connectivity index (χ3v) is 3.21. The lowest BCUT2D eigenvalue weighted by atomic mass is 10.2. The van der Waals surface area contributed by atoms with Crippen LogP contribution in [-0.2, 0) is 0 Å². The summed E-state index contributed by atoms with van der Waals surface area (Å²) in [5.41, 5.74) is 2.87. The number of halogens is 1. The fourth-order valence-electron chi connectivity index (χ4n) is 1.83. The monoisotopic (exact) mass is 299 g/mol. The standard InChI is InChI=1S/C14H10BrN3/c15-12-10-17-18(11-6-2-1-3-7-11)14(12)13-8-4-5-9-16-13/h1-10H. The van der Waals surface area contributed by atoms with E-state index in [1.54, 1.807) is 12.4 Å². The van der Waals surface area contributed by atoms with E-state index in [0.29, 0.717) is 0 Å². The van der Waals surface area contributed by atoms with Gasteiger partial charge in [-0.3, -0.25) is 4.98 Å². The van der Waals surface area contributed by atoms with Gasteiger partial charge in [-0.1, -0.05) is 24.3 Å². The average molecular weight is 300 g/mol. The highest BCUT2D eigenvalue weighted by Gasteiger charge is 2.12. The molecule has 2 heterocycles. The minimum atomic E-state index is 0.894. The minimum Gasteiger partial charge on any atom is -0.255 e. The first-order valence-electron chi connectivity index (χ1n) is 5.56. The van der Waals surface area contributed by atoms with E-state index in [2.05, 4.69) is 26.0 Å². The lowest BCUT2D eigenvalue weighted by Gasteiger charge is -2.07. The van der Waals surface area contributed by atoms with E-state index in [1.807, 2.05) is 53.2 Å². The first kappa shape index (κ1) is 11.2. The van der Waals surface area contributed by atoms with Crippen molar-refractivity contribution in [1.82, 2.24) is 14.8 Å². The Morgan fingerprint density at radius 1 is 0.944 bits per heavy atom. The summed E-state index contributed by atoms with van der Waals surface area (Å²) in [6, 6.07) is 15.9. The molecule has 0 saturated carbocycles. The maximum absolute atomic E-state index is 4.39. The molecule has 1 aromatic carbocycles. The fourth-order valence-corrected chi connectivity index (χ4v) is 2.29. The molecular weight excluding hydrogens is 290 g/mol. The molecule has 0 atom stereocenters. The highest BCUT2D eigenvalue weighted by atomic mass is 79.9. The summed E-state index contributed by atoms with van der Waals surface area (Å²) in [6.45, 7) is 0. The summed E-state index contributed by atoms with van der Waals surface area (Å²) in [4.78, 5) is 4.38. The third kappa shape index (κ3) is 1.95. The van der Waals surface area contributed by atoms with E-state index < -0.39 is 0 Å². The van der Waals surface area contributed by atoms with Gasteiger partial charge in [0, 0.05) is 6.20 Å². The molecule has 88 valence electrons. The molecule has 0 aliphatic carbocycles. The average Bonchev–Trinajstić information content (AvgIpc) is 2.83. The molecule has 0 radical (unpaired) electrons. The van der Waals surface area contributed by atoms with Crippen molar-refractivity contribution in [2.75, 3.05) is 0 Å². The number of rotatable bonds is 2. The lowest BCUT2D eigenvalue weighted by molar-refractivity contribution is 0.884. The van der Waals surface area contributed by atoms with Crippen LogP contribution in [0.3, 0.4) is 0 Å². The van der Waals surface area contributed by atoms with Crippen LogP contribution in [0.25, 0.3) is 17.1 Å². The van der Waals surface area contributed by atoms with E-state index in [4.69, 9.17) is 0 Å². The number of benzene rings is 1. The number of aromatic nitrogens is 3. The van der Waals surface area contributed by atoms with Crippen molar-refractivity contribution in [2.24, 2.45) is 0 Å². The molecule has 3 rings (SSSR count). The van der Waals surface area contributed by atoms with Crippen LogP contribution in [0.5, 0.6) is 0 Å². The van der Waals surface area contributed by atoms with E-state index in [1.165, 1.54) is 0 Å². The Morgan fingerprint density at radius 2 is 1.72 bits per heavy atom. The normalized spacial score (nSPS) is 10.5. The Hall–Kier alpha value is -1.94. The molecule has 0 fully saturated rings. The molecular formula is C14H10BrN3. The Morgan fingerprint density at radius 3 is 2.44 bits per heavy atom. The molecule has 3 aromatic rings. The van der Waals surface area contributed by atoms with Gasteiger partial charge < -0.3 is 0 Å². The van der Waals surface area contributed by atoms with Gasteiger partial charge in [-0.25, -0.2) is 4.68 Å². The van der Waals surface area contributed by atoms with Gasteiger partial charge >= 0.3 is 0 Å². The molecule has 0 amide bonds. The maximum Gasteiger partial charge on any atom is 0.107 e. The van der Waals surface area contributed by atoms with Crippen LogP contribution in [0.4, 0.5) is 0 Å². The number of pyridine rings is 1. The summed E-state index contributed by atoms with van der Waals surface area (Å²) in [5.74, 6) is 0. The highest BCUT2D eigenvalue weighted by Crippen LogP contribution is 2.28. The van der Waals surface area contributed by atoms with Crippen LogP contribution in [0, 0.1) is 0 Å². The Kier molecular flexibility index (Phi) is 2.94. The molecule has 3 nitrogen and oxygen atoms in total. The highest BCUT2D eigenvalue weighted by molar-refractivity contribution is 9.10. The van der Waals surface area contributed by atoms with Crippen molar-refractivity contribution in [3.8, 4) is 17.1 Å². The minimum absolute atomic E-state index is 0.894. The molecule has 0 saturated heterocycles. The van der Waals surface area contributed by atoms with Crippen molar-refractivity contribution in [3.05, 3.63) is 65.4 Å². The number of hydrogen-bond acceptors (Lipinski definition) is 2. The summed E-state index contributed by atoms with van der Waals surface area (Å²) in [6.07, 6.45) is 3.57. The van der Waals surface area contributed by atoms with Crippen LogP contribution in [0.15, 0.2) is 65.4 Å². The van der Waals surface area contributed by atoms with Crippen molar-refractivity contribution < 1.29 is 0 Å². The lowest BCUT2D eigenvalue weighted by Crippen LogP contribution is -1.99. The second-order valence-electron chi connectivity index (χ2n) is 3.80. The van der Waals surface area contributed by atoms with Gasteiger partial charge in [0.15, 0.2) is 0 Å². The van der Waals surface area contributed by atoms with Gasteiger partial charge in [0.25, 0.3) is 0 Å². The fraction of sp³-hybridized carbons (Fsp3) is 0. The van der Waals surface area contributed by atoms with Gasteiger partial charge in [0.2, 0.25) is 0 Å². The molecule has 2 aromatic heterocycles. The van der Waals surface area contributed by atoms with E-state index in [-0.39, 0.29) is 0 Å². The Bertz CT molecular complexity index is 647. The zero-order valence-corrected chi connectivity index (χ0v) is 11.1. The van der Waals surface area contributed by atoms with Crippen molar-refractivity contribution in [1.29, 1.82) is 0 Å². The molecule has 0 spiro atoms. The largest absolute Gasteiger partial charge is 0.255 e. The first-order valence-corrected chi connectivity index (χ1v) is 6.36. The molecule has 0 unspecified atom stereocenters. The Balaban J connectivity index is 2.19. The topological polar surface area (TPSA) is 30.7 Å². The molecule has 0 aliphatic heterocycles. The van der Waals surface area contributed by atoms with E-state index in [0.717, 1.165) is 21.5 Å².